The zero-order valence-corrected chi connectivity index (χ0v) is 14.8. The van der Waals surface area contributed by atoms with Crippen molar-refractivity contribution in [2.24, 2.45) is 0 Å². The number of aromatic amines is 1. The molecule has 1 aromatic carbocycles. The molecule has 0 aliphatic heterocycles. The number of alkyl carbamates (subject to hydrolysis) is 1. The van der Waals surface area contributed by atoms with Crippen molar-refractivity contribution in [2.45, 2.75) is 38.8 Å². The summed E-state index contributed by atoms with van der Waals surface area (Å²) in [4.78, 5) is 27.6. The van der Waals surface area contributed by atoms with E-state index in [1.54, 1.807) is 20.8 Å². The number of aliphatic hydroxyl groups is 1. The molecule has 0 fully saturated rings. The van der Waals surface area contributed by atoms with Crippen LogP contribution in [0.5, 0.6) is 0 Å². The van der Waals surface area contributed by atoms with Gasteiger partial charge < -0.3 is 25.5 Å². The van der Waals surface area contributed by atoms with Crippen molar-refractivity contribution in [3.63, 3.8) is 0 Å². The maximum absolute atomic E-state index is 12.4. The topological polar surface area (TPSA) is 103 Å². The van der Waals surface area contributed by atoms with Gasteiger partial charge in [-0.15, -0.1) is 0 Å². The Labute approximate surface area is 146 Å². The molecule has 0 saturated carbocycles. The molecule has 0 bridgehead atoms. The second kappa shape index (κ2) is 8.02. The number of ether oxygens (including phenoxy) is 1. The quantitative estimate of drug-likeness (QED) is 0.639. The van der Waals surface area contributed by atoms with Crippen molar-refractivity contribution in [3.8, 4) is 0 Å². The van der Waals surface area contributed by atoms with E-state index in [-0.39, 0.29) is 19.1 Å². The van der Waals surface area contributed by atoms with Gasteiger partial charge in [-0.2, -0.15) is 0 Å². The first kappa shape index (κ1) is 18.8. The van der Waals surface area contributed by atoms with Crippen LogP contribution < -0.4 is 10.6 Å². The Morgan fingerprint density at radius 3 is 2.68 bits per heavy atom. The molecular weight excluding hydrogens is 322 g/mol. The number of rotatable bonds is 6. The van der Waals surface area contributed by atoms with Crippen LogP contribution >= 0.6 is 0 Å². The molecule has 0 saturated heterocycles. The van der Waals surface area contributed by atoms with Crippen molar-refractivity contribution in [3.05, 3.63) is 36.0 Å². The number of hydrogen-bond acceptors (Lipinski definition) is 4. The molecular formula is C18H25N3O4. The first-order chi connectivity index (χ1) is 11.8. The molecule has 1 aromatic heterocycles. The lowest BCUT2D eigenvalue weighted by molar-refractivity contribution is -0.123. The molecule has 2 rings (SSSR count). The number of amides is 2. The lowest BCUT2D eigenvalue weighted by atomic mass is 10.0. The van der Waals surface area contributed by atoms with Crippen LogP contribution in [0.25, 0.3) is 10.9 Å². The van der Waals surface area contributed by atoms with E-state index < -0.39 is 17.7 Å². The summed E-state index contributed by atoms with van der Waals surface area (Å²) in [5, 5.41) is 15.1. The standard InChI is InChI=1S/C18H25N3O4/c1-18(2,3)25-17(24)21-15(16(23)19-8-9-22)10-12-11-20-14-7-5-4-6-13(12)14/h4-7,11,15,20,22H,8-10H2,1-3H3,(H,19,23)(H,21,24)/t15-/m0/s1. The van der Waals surface area contributed by atoms with Gasteiger partial charge >= 0.3 is 6.09 Å². The first-order valence-electron chi connectivity index (χ1n) is 8.23. The molecule has 1 atom stereocenters. The Balaban J connectivity index is 2.16. The number of hydrogen-bond donors (Lipinski definition) is 4. The maximum Gasteiger partial charge on any atom is 0.408 e. The summed E-state index contributed by atoms with van der Waals surface area (Å²) in [6.07, 6.45) is 1.48. The highest BCUT2D eigenvalue weighted by Gasteiger charge is 2.25. The number of aromatic nitrogens is 1. The van der Waals surface area contributed by atoms with Gasteiger partial charge in [-0.05, 0) is 32.4 Å². The van der Waals surface area contributed by atoms with Gasteiger partial charge in [0.1, 0.15) is 11.6 Å². The summed E-state index contributed by atoms with van der Waals surface area (Å²) >= 11 is 0. The predicted molar refractivity (Wildman–Crippen MR) is 95.3 cm³/mol. The fraction of sp³-hybridized carbons (Fsp3) is 0.444. The lowest BCUT2D eigenvalue weighted by Crippen LogP contribution is -2.49. The van der Waals surface area contributed by atoms with E-state index in [2.05, 4.69) is 15.6 Å². The largest absolute Gasteiger partial charge is 0.444 e. The SMILES string of the molecule is CC(C)(C)OC(=O)N[C@@H](Cc1c[nH]c2ccccc12)C(=O)NCCO. The molecule has 2 aromatic rings. The van der Waals surface area contributed by atoms with Crippen molar-refractivity contribution in [2.75, 3.05) is 13.2 Å². The molecule has 0 aliphatic carbocycles. The normalized spacial score (nSPS) is 12.6. The van der Waals surface area contributed by atoms with Crippen LogP contribution in [0.2, 0.25) is 0 Å². The smallest absolute Gasteiger partial charge is 0.408 e. The molecule has 1 heterocycles. The Kier molecular flexibility index (Phi) is 6.03. The third-order valence-corrected chi connectivity index (χ3v) is 3.52. The van der Waals surface area contributed by atoms with E-state index in [9.17, 15) is 9.59 Å². The van der Waals surface area contributed by atoms with Gasteiger partial charge in [-0.1, -0.05) is 18.2 Å². The fourth-order valence-electron chi connectivity index (χ4n) is 2.48. The molecule has 2 amide bonds. The Bertz CT molecular complexity index is 733. The van der Waals surface area contributed by atoms with Crippen molar-refractivity contribution in [1.82, 2.24) is 15.6 Å². The monoisotopic (exact) mass is 347 g/mol. The van der Waals surface area contributed by atoms with Gasteiger partial charge in [0.05, 0.1) is 6.61 Å². The highest BCUT2D eigenvalue weighted by Crippen LogP contribution is 2.19. The highest BCUT2D eigenvalue weighted by atomic mass is 16.6. The second-order valence-corrected chi connectivity index (χ2v) is 6.78. The van der Waals surface area contributed by atoms with Gasteiger partial charge in [-0.3, -0.25) is 4.79 Å². The summed E-state index contributed by atoms with van der Waals surface area (Å²) in [5.41, 5.74) is 1.22. The van der Waals surface area contributed by atoms with Crippen molar-refractivity contribution < 1.29 is 19.4 Å². The molecule has 0 aliphatic rings. The minimum Gasteiger partial charge on any atom is -0.444 e. The lowest BCUT2D eigenvalue weighted by Gasteiger charge is -2.23. The number of para-hydroxylation sites is 1. The molecule has 4 N–H and O–H groups in total. The van der Waals surface area contributed by atoms with Crippen LogP contribution in [0.3, 0.4) is 0 Å². The number of fused-ring (bicyclic) bond motifs is 1. The molecule has 7 heteroatoms. The molecule has 0 spiro atoms. The number of carbonyl (C=O) groups is 2. The van der Waals surface area contributed by atoms with E-state index in [1.807, 2.05) is 30.5 Å². The van der Waals surface area contributed by atoms with Crippen LogP contribution in [-0.4, -0.2) is 46.9 Å². The van der Waals surface area contributed by atoms with Gasteiger partial charge in [0.15, 0.2) is 0 Å². The number of aliphatic hydroxyl groups excluding tert-OH is 1. The van der Waals surface area contributed by atoms with Gasteiger partial charge in [0, 0.05) is 30.1 Å². The van der Waals surface area contributed by atoms with Crippen LogP contribution in [0.4, 0.5) is 4.79 Å². The van der Waals surface area contributed by atoms with Gasteiger partial charge in [0.2, 0.25) is 5.91 Å². The van der Waals surface area contributed by atoms with Crippen LogP contribution in [0, 0.1) is 0 Å². The van der Waals surface area contributed by atoms with Crippen LogP contribution in [0.1, 0.15) is 26.3 Å². The second-order valence-electron chi connectivity index (χ2n) is 6.78. The molecule has 0 unspecified atom stereocenters. The first-order valence-corrected chi connectivity index (χ1v) is 8.23. The van der Waals surface area contributed by atoms with E-state index in [1.165, 1.54) is 0 Å². The molecule has 136 valence electrons. The van der Waals surface area contributed by atoms with E-state index in [0.29, 0.717) is 6.42 Å². The van der Waals surface area contributed by atoms with E-state index >= 15 is 0 Å². The maximum atomic E-state index is 12.4. The number of benzene rings is 1. The zero-order chi connectivity index (χ0) is 18.4. The predicted octanol–water partition coefficient (Wildman–Crippen LogP) is 1.71. The summed E-state index contributed by atoms with van der Waals surface area (Å²) in [7, 11) is 0. The third kappa shape index (κ3) is 5.49. The van der Waals surface area contributed by atoms with Crippen molar-refractivity contribution in [1.29, 1.82) is 0 Å². The molecule has 7 nitrogen and oxygen atoms in total. The minimum absolute atomic E-state index is 0.124. The summed E-state index contributed by atoms with van der Waals surface area (Å²) in [6.45, 7) is 5.23. The minimum atomic E-state index is -0.805. The summed E-state index contributed by atoms with van der Waals surface area (Å²) < 4.78 is 5.24. The zero-order valence-electron chi connectivity index (χ0n) is 14.8. The number of H-pyrrole nitrogens is 1. The van der Waals surface area contributed by atoms with E-state index in [0.717, 1.165) is 16.5 Å². The highest BCUT2D eigenvalue weighted by molar-refractivity contribution is 5.88. The number of nitrogens with one attached hydrogen (secondary N) is 3. The van der Waals surface area contributed by atoms with E-state index in [4.69, 9.17) is 9.84 Å². The third-order valence-electron chi connectivity index (χ3n) is 3.52. The fourth-order valence-corrected chi connectivity index (χ4v) is 2.48. The van der Waals surface area contributed by atoms with Crippen molar-refractivity contribution >= 4 is 22.9 Å². The summed E-state index contributed by atoms with van der Waals surface area (Å²) in [6, 6.07) is 6.94. The summed E-state index contributed by atoms with van der Waals surface area (Å²) in [5.74, 6) is -0.370. The Morgan fingerprint density at radius 2 is 2.00 bits per heavy atom. The van der Waals surface area contributed by atoms with Crippen LogP contribution in [0.15, 0.2) is 30.5 Å². The molecule has 25 heavy (non-hydrogen) atoms. The average molecular weight is 347 g/mol. The average Bonchev–Trinajstić information content (AvgIpc) is 2.93. The van der Waals surface area contributed by atoms with Crippen LogP contribution in [-0.2, 0) is 16.0 Å². The molecule has 0 radical (unpaired) electrons. The van der Waals surface area contributed by atoms with Gasteiger partial charge in [-0.25, -0.2) is 4.79 Å². The van der Waals surface area contributed by atoms with Gasteiger partial charge in [0.25, 0.3) is 0 Å². The number of carbonyl (C=O) groups excluding carboxylic acids is 2. The Morgan fingerprint density at radius 1 is 1.28 bits per heavy atom. The Hall–Kier alpha value is -2.54.